The quantitative estimate of drug-likeness (QED) is 0.463. The summed E-state index contributed by atoms with van der Waals surface area (Å²) in [6.07, 6.45) is 6.14. The minimum atomic E-state index is -0.681. The molecule has 4 rings (SSSR count). The number of ether oxygens (including phenoxy) is 2. The summed E-state index contributed by atoms with van der Waals surface area (Å²) < 4.78 is 11.0. The van der Waals surface area contributed by atoms with Crippen molar-refractivity contribution in [3.8, 4) is 5.75 Å². The van der Waals surface area contributed by atoms with Crippen LogP contribution in [0.15, 0.2) is 48.8 Å². The highest BCUT2D eigenvalue weighted by atomic mass is 16.5. The first-order valence-corrected chi connectivity index (χ1v) is 14.3. The van der Waals surface area contributed by atoms with Gasteiger partial charge in [0.05, 0.1) is 13.2 Å². The fourth-order valence-corrected chi connectivity index (χ4v) is 5.63. The lowest BCUT2D eigenvalue weighted by molar-refractivity contribution is -0.139. The van der Waals surface area contributed by atoms with Gasteiger partial charge in [0.25, 0.3) is 0 Å². The zero-order valence-electron chi connectivity index (χ0n) is 24.2. The van der Waals surface area contributed by atoms with Gasteiger partial charge in [0, 0.05) is 50.2 Å². The first-order chi connectivity index (χ1) is 19.4. The number of carbonyl (C=O) groups excluding carboxylic acids is 3. The lowest BCUT2D eigenvalue weighted by Crippen LogP contribution is -2.51. The normalized spacial score (nSPS) is 20.6. The number of carbonyl (C=O) groups is 3. The minimum Gasteiger partial charge on any atom is -0.496 e. The maximum absolute atomic E-state index is 13.6. The van der Waals surface area contributed by atoms with E-state index in [1.807, 2.05) is 50.2 Å². The molecule has 9 nitrogen and oxygen atoms in total. The number of nitrogens with two attached hydrogens (primary N) is 1. The molecule has 4 atom stereocenters. The molecule has 2 amide bonds. The number of rotatable bonds is 10. The van der Waals surface area contributed by atoms with E-state index in [9.17, 15) is 14.4 Å². The van der Waals surface area contributed by atoms with Crippen LogP contribution in [-0.2, 0) is 25.5 Å². The molecule has 3 N–H and O–H groups in total. The standard InChI is InChI=1S/C29H38N4O5.C2H6/c1-19(34)25(15-20-7-11-31-12-8-20)32-29(36)26-16-22(21-9-13-38-14-10-21)18-33(26)28(35)17-24(30)23-5-3-4-6-27(23)37-2;1-2/h3-8,11-12,21-22,24-26H,9-10,13-18,30H2,1-2H3,(H,32,36);1-2H3/t22?,24-,25?,26-;/m0./s1. The van der Waals surface area contributed by atoms with E-state index in [2.05, 4.69) is 10.3 Å². The molecule has 0 aliphatic carbocycles. The number of pyridine rings is 1. The molecule has 0 spiro atoms. The fraction of sp³-hybridized carbons (Fsp3) is 0.548. The number of ketones is 1. The van der Waals surface area contributed by atoms with Crippen LogP contribution in [0.5, 0.6) is 5.75 Å². The predicted octanol–water partition coefficient (Wildman–Crippen LogP) is 3.47. The van der Waals surface area contributed by atoms with Crippen LogP contribution < -0.4 is 15.8 Å². The van der Waals surface area contributed by atoms with E-state index < -0.39 is 18.1 Å². The van der Waals surface area contributed by atoms with Crippen molar-refractivity contribution < 1.29 is 23.9 Å². The van der Waals surface area contributed by atoms with Crippen molar-refractivity contribution in [2.24, 2.45) is 17.6 Å². The Labute approximate surface area is 237 Å². The SMILES string of the molecule is CC.COc1ccccc1[C@@H](N)CC(=O)N1CC(C2CCOCC2)C[C@H]1C(=O)NC(Cc1ccncc1)C(C)=O. The van der Waals surface area contributed by atoms with Crippen LogP contribution in [0.3, 0.4) is 0 Å². The number of nitrogens with zero attached hydrogens (tertiary/aromatic N) is 2. The highest BCUT2D eigenvalue weighted by Gasteiger charge is 2.43. The van der Waals surface area contributed by atoms with Crippen molar-refractivity contribution in [1.29, 1.82) is 0 Å². The predicted molar refractivity (Wildman–Crippen MR) is 154 cm³/mol. The number of Topliss-reactive ketones (excluding diaryl/α,β-unsaturated/α-hetero) is 1. The van der Waals surface area contributed by atoms with Crippen molar-refractivity contribution in [2.45, 2.75) is 71.0 Å². The highest BCUT2D eigenvalue weighted by molar-refractivity contribution is 5.92. The van der Waals surface area contributed by atoms with Crippen LogP contribution in [0, 0.1) is 11.8 Å². The van der Waals surface area contributed by atoms with E-state index in [-0.39, 0.29) is 29.9 Å². The summed E-state index contributed by atoms with van der Waals surface area (Å²) in [5.74, 6) is 0.603. The molecule has 2 fully saturated rings. The Bertz CT molecular complexity index is 1110. The monoisotopic (exact) mass is 552 g/mol. The molecule has 9 heteroatoms. The van der Waals surface area contributed by atoms with E-state index in [0.717, 1.165) is 24.0 Å². The van der Waals surface area contributed by atoms with E-state index in [1.54, 1.807) is 24.4 Å². The van der Waals surface area contributed by atoms with Gasteiger partial charge in [0.2, 0.25) is 11.8 Å². The van der Waals surface area contributed by atoms with Crippen LogP contribution in [0.2, 0.25) is 0 Å². The number of nitrogens with one attached hydrogen (secondary N) is 1. The van der Waals surface area contributed by atoms with E-state index in [4.69, 9.17) is 15.2 Å². The molecule has 40 heavy (non-hydrogen) atoms. The van der Waals surface area contributed by atoms with Crippen molar-refractivity contribution in [3.05, 3.63) is 59.9 Å². The van der Waals surface area contributed by atoms with Crippen molar-refractivity contribution in [2.75, 3.05) is 26.9 Å². The van der Waals surface area contributed by atoms with Gasteiger partial charge in [0.1, 0.15) is 11.8 Å². The number of hydrogen-bond donors (Lipinski definition) is 2. The topological polar surface area (TPSA) is 124 Å². The van der Waals surface area contributed by atoms with Gasteiger partial charge in [-0.25, -0.2) is 0 Å². The Kier molecular flexibility index (Phi) is 12.1. The third-order valence-corrected chi connectivity index (χ3v) is 7.82. The van der Waals surface area contributed by atoms with Gasteiger partial charge in [-0.15, -0.1) is 0 Å². The summed E-state index contributed by atoms with van der Waals surface area (Å²) in [5.41, 5.74) is 8.10. The molecule has 3 heterocycles. The van der Waals surface area contributed by atoms with Crippen LogP contribution in [0.25, 0.3) is 0 Å². The van der Waals surface area contributed by atoms with Crippen molar-refractivity contribution in [1.82, 2.24) is 15.2 Å². The zero-order chi connectivity index (χ0) is 29.1. The molecular formula is C31H44N4O5. The smallest absolute Gasteiger partial charge is 0.243 e. The van der Waals surface area contributed by atoms with Gasteiger partial charge in [0.15, 0.2) is 5.78 Å². The molecular weight excluding hydrogens is 508 g/mol. The number of methoxy groups -OCH3 is 1. The molecule has 2 aliphatic heterocycles. The van der Waals surface area contributed by atoms with Gasteiger partial charge in [-0.1, -0.05) is 32.0 Å². The molecule has 2 unspecified atom stereocenters. The van der Waals surface area contributed by atoms with Crippen LogP contribution in [0.4, 0.5) is 0 Å². The molecule has 0 radical (unpaired) electrons. The molecule has 2 aliphatic rings. The maximum atomic E-state index is 13.6. The number of benzene rings is 1. The maximum Gasteiger partial charge on any atom is 0.243 e. The van der Waals surface area contributed by atoms with Crippen LogP contribution in [0.1, 0.15) is 63.6 Å². The first kappa shape index (κ1) is 31.2. The Hall–Kier alpha value is -3.30. The zero-order valence-corrected chi connectivity index (χ0v) is 24.2. The lowest BCUT2D eigenvalue weighted by atomic mass is 9.84. The summed E-state index contributed by atoms with van der Waals surface area (Å²) in [6, 6.07) is 9.14. The van der Waals surface area contributed by atoms with E-state index in [1.165, 1.54) is 6.92 Å². The molecule has 218 valence electrons. The van der Waals surface area contributed by atoms with Gasteiger partial charge in [-0.05, 0) is 68.2 Å². The van der Waals surface area contributed by atoms with Gasteiger partial charge < -0.3 is 25.4 Å². The molecule has 1 aromatic heterocycles. The summed E-state index contributed by atoms with van der Waals surface area (Å²) in [5, 5.41) is 2.94. The number of aromatic nitrogens is 1. The lowest BCUT2D eigenvalue weighted by Gasteiger charge is -2.28. The molecule has 2 aromatic rings. The number of para-hydroxylation sites is 1. The van der Waals surface area contributed by atoms with Gasteiger partial charge in [-0.3, -0.25) is 19.4 Å². The second-order valence-electron chi connectivity index (χ2n) is 10.3. The third-order valence-electron chi connectivity index (χ3n) is 7.82. The number of amides is 2. The van der Waals surface area contributed by atoms with E-state index in [0.29, 0.717) is 44.3 Å². The molecule has 0 saturated carbocycles. The van der Waals surface area contributed by atoms with Gasteiger partial charge >= 0.3 is 0 Å². The molecule has 1 aromatic carbocycles. The molecule has 0 bridgehead atoms. The van der Waals surface area contributed by atoms with Gasteiger partial charge in [-0.2, -0.15) is 0 Å². The Morgan fingerprint density at radius 1 is 1.10 bits per heavy atom. The Morgan fingerprint density at radius 2 is 1.77 bits per heavy atom. The molecule has 2 saturated heterocycles. The first-order valence-electron chi connectivity index (χ1n) is 14.3. The third kappa shape index (κ3) is 8.11. The second kappa shape index (κ2) is 15.5. The number of likely N-dealkylation sites (tertiary alicyclic amines) is 1. The summed E-state index contributed by atoms with van der Waals surface area (Å²) >= 11 is 0. The van der Waals surface area contributed by atoms with Crippen molar-refractivity contribution >= 4 is 17.6 Å². The fourth-order valence-electron chi connectivity index (χ4n) is 5.63. The summed E-state index contributed by atoms with van der Waals surface area (Å²) in [7, 11) is 1.57. The summed E-state index contributed by atoms with van der Waals surface area (Å²) in [6.45, 7) is 7.36. The van der Waals surface area contributed by atoms with E-state index >= 15 is 0 Å². The average Bonchev–Trinajstić information content (AvgIpc) is 3.45. The highest BCUT2D eigenvalue weighted by Crippen LogP contribution is 2.36. The Balaban J connectivity index is 0.00000216. The minimum absolute atomic E-state index is 0.0534. The summed E-state index contributed by atoms with van der Waals surface area (Å²) in [4.78, 5) is 45.3. The number of hydrogen-bond acceptors (Lipinski definition) is 7. The van der Waals surface area contributed by atoms with Crippen molar-refractivity contribution in [3.63, 3.8) is 0 Å². The Morgan fingerprint density at radius 3 is 2.42 bits per heavy atom. The largest absolute Gasteiger partial charge is 0.496 e. The second-order valence-corrected chi connectivity index (χ2v) is 10.3. The average molecular weight is 553 g/mol. The van der Waals surface area contributed by atoms with Crippen LogP contribution in [-0.4, -0.2) is 66.4 Å². The van der Waals surface area contributed by atoms with Crippen LogP contribution >= 0.6 is 0 Å².